The number of nitrogens with one attached hydrogen (secondary N) is 1. The average Bonchev–Trinajstić information content (AvgIpc) is 2.71. The molecule has 146 valence electrons. The van der Waals surface area contributed by atoms with Gasteiger partial charge in [-0.15, -0.1) is 0 Å². The van der Waals surface area contributed by atoms with Crippen LogP contribution in [0, 0.1) is 0 Å². The van der Waals surface area contributed by atoms with E-state index in [0.717, 1.165) is 12.1 Å². The van der Waals surface area contributed by atoms with Crippen molar-refractivity contribution >= 4 is 33.1 Å². The van der Waals surface area contributed by atoms with Gasteiger partial charge in [0.25, 0.3) is 10.1 Å². The van der Waals surface area contributed by atoms with Gasteiger partial charge in [0.2, 0.25) is 0 Å². The Balaban J connectivity index is 1.98. The molecule has 1 aliphatic carbocycles. The predicted molar refractivity (Wildman–Crippen MR) is 106 cm³/mol. The van der Waals surface area contributed by atoms with Crippen molar-refractivity contribution < 1.29 is 27.3 Å². The van der Waals surface area contributed by atoms with Crippen LogP contribution in [0.25, 0.3) is 0 Å². The number of rotatable bonds is 4. The summed E-state index contributed by atoms with van der Waals surface area (Å²) in [5.41, 5.74) is 0.887. The summed E-state index contributed by atoms with van der Waals surface area (Å²) in [6, 6.07) is 15.3. The number of carbonyl (C=O) groups is 2. The Morgan fingerprint density at radius 2 is 1.45 bits per heavy atom. The van der Waals surface area contributed by atoms with Crippen molar-refractivity contribution in [1.82, 2.24) is 0 Å². The number of hydrogen-bond donors (Lipinski definition) is 2. The van der Waals surface area contributed by atoms with Crippen molar-refractivity contribution in [3.63, 3.8) is 0 Å². The van der Waals surface area contributed by atoms with Crippen molar-refractivity contribution in [2.24, 2.45) is 0 Å². The fourth-order valence-electron chi connectivity index (χ4n) is 3.34. The summed E-state index contributed by atoms with van der Waals surface area (Å²) in [4.78, 5) is 25.6. The van der Waals surface area contributed by atoms with Crippen LogP contribution >= 0.6 is 0 Å². The van der Waals surface area contributed by atoms with E-state index in [9.17, 15) is 22.6 Å². The third-order valence-corrected chi connectivity index (χ3v) is 5.51. The maximum atomic E-state index is 13.1. The fraction of sp³-hybridized carbons (Fsp3) is 0.0476. The van der Waals surface area contributed by atoms with Crippen molar-refractivity contribution in [1.29, 1.82) is 0 Å². The van der Waals surface area contributed by atoms with Crippen LogP contribution < -0.4 is 10.1 Å². The van der Waals surface area contributed by atoms with E-state index in [-0.39, 0.29) is 27.9 Å². The van der Waals surface area contributed by atoms with Crippen LogP contribution in [0.1, 0.15) is 31.8 Å². The van der Waals surface area contributed by atoms with Gasteiger partial charge in [0, 0.05) is 16.7 Å². The van der Waals surface area contributed by atoms with Gasteiger partial charge in [-0.3, -0.25) is 14.1 Å². The summed E-state index contributed by atoms with van der Waals surface area (Å²) in [5, 5.41) is 2.97. The van der Waals surface area contributed by atoms with Crippen LogP contribution in [0.4, 0.5) is 11.4 Å². The van der Waals surface area contributed by atoms with Gasteiger partial charge in [-0.25, -0.2) is 0 Å². The second-order valence-corrected chi connectivity index (χ2v) is 7.82. The van der Waals surface area contributed by atoms with Gasteiger partial charge in [0.05, 0.1) is 28.9 Å². The number of benzene rings is 3. The van der Waals surface area contributed by atoms with Crippen LogP contribution in [-0.2, 0) is 10.1 Å². The number of para-hydroxylation sites is 2. The Morgan fingerprint density at radius 3 is 2.10 bits per heavy atom. The molecule has 0 fully saturated rings. The highest BCUT2D eigenvalue weighted by molar-refractivity contribution is 7.85. The maximum absolute atomic E-state index is 13.1. The molecule has 2 N–H and O–H groups in total. The van der Waals surface area contributed by atoms with E-state index in [1.54, 1.807) is 42.5 Å². The highest BCUT2D eigenvalue weighted by Gasteiger charge is 2.33. The Labute approximate surface area is 166 Å². The molecular weight excluding hydrogens is 394 g/mol. The van der Waals surface area contributed by atoms with Crippen molar-refractivity contribution in [2.45, 2.75) is 4.90 Å². The molecule has 29 heavy (non-hydrogen) atoms. The number of ketones is 2. The molecular formula is C21H15NO6S. The number of hydrogen-bond acceptors (Lipinski definition) is 6. The Morgan fingerprint density at radius 1 is 0.828 bits per heavy atom. The van der Waals surface area contributed by atoms with E-state index in [4.69, 9.17) is 4.74 Å². The molecule has 3 aromatic carbocycles. The molecule has 0 saturated carbocycles. The van der Waals surface area contributed by atoms with Crippen molar-refractivity contribution in [2.75, 3.05) is 12.4 Å². The minimum atomic E-state index is -4.62. The zero-order valence-electron chi connectivity index (χ0n) is 15.2. The summed E-state index contributed by atoms with van der Waals surface area (Å²) < 4.78 is 38.4. The third-order valence-electron chi connectivity index (χ3n) is 4.67. The summed E-state index contributed by atoms with van der Waals surface area (Å²) in [6.45, 7) is 0. The molecule has 0 bridgehead atoms. The highest BCUT2D eigenvalue weighted by atomic mass is 32.2. The van der Waals surface area contributed by atoms with Gasteiger partial charge >= 0.3 is 0 Å². The molecule has 0 amide bonds. The fourth-order valence-corrected chi connectivity index (χ4v) is 3.87. The standard InChI is InChI=1S/C21H15NO6S/c1-28-18-9-5-4-8-16(18)22-17-11-12(29(25,26)27)10-15-19(17)21(24)14-7-3-2-6-13(14)20(15)23/h2-11,22H,1H3,(H,25,26,27). The van der Waals surface area contributed by atoms with E-state index in [1.807, 2.05) is 0 Å². The number of fused-ring (bicyclic) bond motifs is 2. The molecule has 0 spiro atoms. The van der Waals surface area contributed by atoms with E-state index < -0.39 is 26.6 Å². The highest BCUT2D eigenvalue weighted by Crippen LogP contribution is 2.37. The first kappa shape index (κ1) is 18.9. The molecule has 1 aliphatic rings. The van der Waals surface area contributed by atoms with Crippen LogP contribution in [0.15, 0.2) is 65.6 Å². The quantitative estimate of drug-likeness (QED) is 0.497. The summed E-state index contributed by atoms with van der Waals surface area (Å²) in [6.07, 6.45) is 0. The summed E-state index contributed by atoms with van der Waals surface area (Å²) >= 11 is 0. The number of methoxy groups -OCH3 is 1. The van der Waals surface area contributed by atoms with Crippen molar-refractivity contribution in [3.8, 4) is 5.75 Å². The SMILES string of the molecule is COc1ccccc1Nc1cc(S(=O)(=O)O)cc2c1C(=O)c1ccccc1C2=O. The molecule has 0 radical (unpaired) electrons. The molecule has 0 saturated heterocycles. The van der Waals surface area contributed by atoms with Crippen molar-refractivity contribution in [3.05, 3.63) is 82.9 Å². The molecule has 0 aliphatic heterocycles. The van der Waals surface area contributed by atoms with Gasteiger partial charge in [0.15, 0.2) is 11.6 Å². The van der Waals surface area contributed by atoms with Crippen LogP contribution in [0.5, 0.6) is 5.75 Å². The molecule has 3 aromatic rings. The minimum absolute atomic E-state index is 0.0343. The first-order valence-electron chi connectivity index (χ1n) is 8.55. The lowest BCUT2D eigenvalue weighted by Crippen LogP contribution is -2.23. The molecule has 8 heteroatoms. The first-order valence-corrected chi connectivity index (χ1v) is 9.99. The zero-order valence-corrected chi connectivity index (χ0v) is 16.0. The number of anilines is 2. The summed E-state index contributed by atoms with van der Waals surface area (Å²) in [5.74, 6) is -0.466. The number of ether oxygens (including phenoxy) is 1. The molecule has 0 atom stereocenters. The van der Waals surface area contributed by atoms with Crippen LogP contribution in [-0.4, -0.2) is 31.6 Å². The lowest BCUT2D eigenvalue weighted by molar-refractivity contribution is 0.0979. The monoisotopic (exact) mass is 409 g/mol. The van der Waals surface area contributed by atoms with Gasteiger partial charge < -0.3 is 10.1 Å². The molecule has 0 aromatic heterocycles. The van der Waals surface area contributed by atoms with Crippen LogP contribution in [0.3, 0.4) is 0 Å². The van der Waals surface area contributed by atoms with E-state index >= 15 is 0 Å². The maximum Gasteiger partial charge on any atom is 0.294 e. The second kappa shape index (κ2) is 6.84. The Kier molecular flexibility index (Phi) is 4.45. The number of carbonyl (C=O) groups excluding carboxylic acids is 2. The average molecular weight is 409 g/mol. The van der Waals surface area contributed by atoms with Crippen LogP contribution in [0.2, 0.25) is 0 Å². The Bertz CT molecular complexity index is 1280. The van der Waals surface area contributed by atoms with Gasteiger partial charge in [-0.1, -0.05) is 36.4 Å². The third kappa shape index (κ3) is 3.18. The topological polar surface area (TPSA) is 110 Å². The molecule has 0 heterocycles. The molecule has 4 rings (SSSR count). The second-order valence-electron chi connectivity index (χ2n) is 6.40. The van der Waals surface area contributed by atoms with E-state index in [2.05, 4.69) is 5.32 Å². The zero-order chi connectivity index (χ0) is 20.8. The van der Waals surface area contributed by atoms with Gasteiger partial charge in [-0.05, 0) is 24.3 Å². The van der Waals surface area contributed by atoms with Gasteiger partial charge in [0.1, 0.15) is 5.75 Å². The first-order chi connectivity index (χ1) is 13.8. The lowest BCUT2D eigenvalue weighted by atomic mass is 9.83. The largest absolute Gasteiger partial charge is 0.495 e. The summed E-state index contributed by atoms with van der Waals surface area (Å²) in [7, 11) is -3.15. The molecule has 7 nitrogen and oxygen atoms in total. The van der Waals surface area contributed by atoms with E-state index in [0.29, 0.717) is 11.4 Å². The lowest BCUT2D eigenvalue weighted by Gasteiger charge is -2.22. The van der Waals surface area contributed by atoms with E-state index in [1.165, 1.54) is 13.2 Å². The van der Waals surface area contributed by atoms with Gasteiger partial charge in [-0.2, -0.15) is 8.42 Å². The molecule has 0 unspecified atom stereocenters. The Hall–Kier alpha value is -3.49. The smallest absolute Gasteiger partial charge is 0.294 e. The normalized spacial score (nSPS) is 12.9. The predicted octanol–water partition coefficient (Wildman–Crippen LogP) is 3.46. The minimum Gasteiger partial charge on any atom is -0.495 e.